The van der Waals surface area contributed by atoms with Crippen LogP contribution in [-0.2, 0) is 0 Å². The highest BCUT2D eigenvalue weighted by Gasteiger charge is 2.34. The number of hydrogen-bond donors (Lipinski definition) is 2. The predicted octanol–water partition coefficient (Wildman–Crippen LogP) is -0.284. The van der Waals surface area contributed by atoms with Crippen molar-refractivity contribution in [1.29, 1.82) is 5.26 Å². The lowest BCUT2D eigenvalue weighted by molar-refractivity contribution is -0.0547. The lowest BCUT2D eigenvalue weighted by Crippen LogP contribution is -2.54. The molecule has 2 N–H and O–H groups in total. The Hall–Kier alpha value is -0.630. The van der Waals surface area contributed by atoms with Gasteiger partial charge in [-0.3, -0.25) is 4.90 Å². The average molecular weight is 184 g/mol. The fourth-order valence-electron chi connectivity index (χ4n) is 1.50. The molecule has 0 amide bonds. The highest BCUT2D eigenvalue weighted by Crippen LogP contribution is 2.20. The summed E-state index contributed by atoms with van der Waals surface area (Å²) in [4.78, 5) is 1.89. The van der Waals surface area contributed by atoms with Crippen LogP contribution in [-0.4, -0.2) is 45.9 Å². The minimum atomic E-state index is -0.721. The van der Waals surface area contributed by atoms with Gasteiger partial charge in [-0.05, 0) is 20.3 Å². The van der Waals surface area contributed by atoms with Crippen LogP contribution >= 0.6 is 0 Å². The molecule has 0 saturated carbocycles. The molecule has 0 unspecified atom stereocenters. The number of aliphatic hydroxyl groups excluding tert-OH is 2. The maximum atomic E-state index is 9.41. The number of nitriles is 1. The average Bonchev–Trinajstić information content (AvgIpc) is 2.09. The van der Waals surface area contributed by atoms with Gasteiger partial charge in [0.1, 0.15) is 5.54 Å². The zero-order valence-electron chi connectivity index (χ0n) is 8.06. The highest BCUT2D eigenvalue weighted by atomic mass is 16.3. The Morgan fingerprint density at radius 3 is 2.46 bits per heavy atom. The van der Waals surface area contributed by atoms with E-state index in [0.29, 0.717) is 19.5 Å². The van der Waals surface area contributed by atoms with E-state index < -0.39 is 17.7 Å². The van der Waals surface area contributed by atoms with E-state index in [9.17, 15) is 10.2 Å². The van der Waals surface area contributed by atoms with Crippen molar-refractivity contribution in [2.75, 3.05) is 13.1 Å². The summed E-state index contributed by atoms with van der Waals surface area (Å²) in [5, 5.41) is 27.5. The van der Waals surface area contributed by atoms with Crippen LogP contribution < -0.4 is 0 Å². The van der Waals surface area contributed by atoms with Crippen molar-refractivity contribution in [1.82, 2.24) is 4.90 Å². The summed E-state index contributed by atoms with van der Waals surface area (Å²) in [6, 6.07) is 2.18. The third-order valence-electron chi connectivity index (χ3n) is 2.61. The van der Waals surface area contributed by atoms with Gasteiger partial charge in [-0.25, -0.2) is 0 Å². The van der Waals surface area contributed by atoms with Gasteiger partial charge in [0.25, 0.3) is 0 Å². The summed E-state index contributed by atoms with van der Waals surface area (Å²) in [6.07, 6.45) is -0.821. The molecule has 0 spiro atoms. The minimum absolute atomic E-state index is 0.377. The number of hydrogen-bond acceptors (Lipinski definition) is 4. The first-order valence-electron chi connectivity index (χ1n) is 4.50. The van der Waals surface area contributed by atoms with Crippen LogP contribution in [0.15, 0.2) is 0 Å². The summed E-state index contributed by atoms with van der Waals surface area (Å²) in [6.45, 7) is 4.68. The first-order valence-corrected chi connectivity index (χ1v) is 4.50. The molecule has 13 heavy (non-hydrogen) atoms. The van der Waals surface area contributed by atoms with E-state index in [1.165, 1.54) is 0 Å². The van der Waals surface area contributed by atoms with Gasteiger partial charge in [-0.2, -0.15) is 5.26 Å². The summed E-state index contributed by atoms with van der Waals surface area (Å²) in [5.41, 5.74) is -0.554. The molecule has 0 aromatic heterocycles. The SMILES string of the molecule is CC(C)(C#N)N1CC[C@@H](O)[C@@H](O)C1. The maximum absolute atomic E-state index is 9.41. The number of piperidine rings is 1. The van der Waals surface area contributed by atoms with Crippen LogP contribution in [0.4, 0.5) is 0 Å². The van der Waals surface area contributed by atoms with Gasteiger partial charge in [-0.15, -0.1) is 0 Å². The van der Waals surface area contributed by atoms with E-state index in [-0.39, 0.29) is 0 Å². The molecule has 4 heteroatoms. The molecule has 0 aromatic carbocycles. The van der Waals surface area contributed by atoms with Crippen molar-refractivity contribution in [2.24, 2.45) is 0 Å². The minimum Gasteiger partial charge on any atom is -0.390 e. The largest absolute Gasteiger partial charge is 0.390 e. The number of nitrogens with zero attached hydrogens (tertiary/aromatic N) is 2. The summed E-state index contributed by atoms with van der Waals surface area (Å²) in [5.74, 6) is 0. The molecule has 4 nitrogen and oxygen atoms in total. The van der Waals surface area contributed by atoms with Crippen molar-refractivity contribution in [3.63, 3.8) is 0 Å². The molecule has 0 aromatic rings. The molecule has 0 bridgehead atoms. The molecule has 1 heterocycles. The quantitative estimate of drug-likeness (QED) is 0.588. The van der Waals surface area contributed by atoms with Gasteiger partial charge >= 0.3 is 0 Å². The van der Waals surface area contributed by atoms with E-state index in [4.69, 9.17) is 5.26 Å². The Labute approximate surface area is 78.4 Å². The van der Waals surface area contributed by atoms with Crippen molar-refractivity contribution >= 4 is 0 Å². The Kier molecular flexibility index (Phi) is 2.91. The smallest absolute Gasteiger partial charge is 0.103 e. The number of rotatable bonds is 1. The maximum Gasteiger partial charge on any atom is 0.103 e. The Morgan fingerprint density at radius 1 is 1.38 bits per heavy atom. The molecule has 74 valence electrons. The summed E-state index contributed by atoms with van der Waals surface area (Å²) in [7, 11) is 0. The van der Waals surface area contributed by atoms with Gasteiger partial charge in [0.2, 0.25) is 0 Å². The molecule has 2 atom stereocenters. The fraction of sp³-hybridized carbons (Fsp3) is 0.889. The van der Waals surface area contributed by atoms with Crippen LogP contribution in [0, 0.1) is 11.3 Å². The van der Waals surface area contributed by atoms with E-state index in [2.05, 4.69) is 6.07 Å². The van der Waals surface area contributed by atoms with E-state index in [1.54, 1.807) is 0 Å². The predicted molar refractivity (Wildman–Crippen MR) is 47.9 cm³/mol. The topological polar surface area (TPSA) is 67.5 Å². The second-order valence-corrected chi connectivity index (χ2v) is 4.04. The standard InChI is InChI=1S/C9H16N2O2/c1-9(2,6-10)11-4-3-7(12)8(13)5-11/h7-8,12-13H,3-5H2,1-2H3/t7-,8+/m1/s1. The lowest BCUT2D eigenvalue weighted by Gasteiger charge is -2.39. The molecular weight excluding hydrogens is 168 g/mol. The van der Waals surface area contributed by atoms with Crippen LogP contribution in [0.1, 0.15) is 20.3 Å². The second kappa shape index (κ2) is 3.62. The molecule has 1 fully saturated rings. The highest BCUT2D eigenvalue weighted by molar-refractivity contribution is 5.03. The van der Waals surface area contributed by atoms with Gasteiger partial charge in [0.15, 0.2) is 0 Å². The molecule has 0 radical (unpaired) electrons. The zero-order chi connectivity index (χ0) is 10.1. The number of aliphatic hydroxyl groups is 2. The number of β-amino-alcohol motifs (C(OH)–C–C–N with tert-alkyl or cyclic N) is 1. The van der Waals surface area contributed by atoms with Crippen LogP contribution in [0.3, 0.4) is 0 Å². The molecule has 0 aliphatic carbocycles. The zero-order valence-corrected chi connectivity index (χ0v) is 8.06. The van der Waals surface area contributed by atoms with E-state index in [0.717, 1.165) is 0 Å². The molecular formula is C9H16N2O2. The van der Waals surface area contributed by atoms with Crippen molar-refractivity contribution in [2.45, 2.75) is 38.0 Å². The van der Waals surface area contributed by atoms with Gasteiger partial charge in [0, 0.05) is 13.1 Å². The summed E-state index contributed by atoms with van der Waals surface area (Å²) < 4.78 is 0. The molecule has 1 aliphatic heterocycles. The first-order chi connectivity index (χ1) is 5.97. The van der Waals surface area contributed by atoms with Crippen LogP contribution in [0.2, 0.25) is 0 Å². The first kappa shape index (κ1) is 10.5. The van der Waals surface area contributed by atoms with Crippen molar-refractivity contribution in [3.05, 3.63) is 0 Å². The van der Waals surface area contributed by atoms with Crippen molar-refractivity contribution < 1.29 is 10.2 Å². The third kappa shape index (κ3) is 2.19. The van der Waals surface area contributed by atoms with Gasteiger partial charge in [-0.1, -0.05) is 0 Å². The third-order valence-corrected chi connectivity index (χ3v) is 2.61. The van der Waals surface area contributed by atoms with Crippen LogP contribution in [0.5, 0.6) is 0 Å². The van der Waals surface area contributed by atoms with Crippen LogP contribution in [0.25, 0.3) is 0 Å². The van der Waals surface area contributed by atoms with Gasteiger partial charge in [0.05, 0.1) is 18.3 Å². The molecule has 1 saturated heterocycles. The van der Waals surface area contributed by atoms with E-state index in [1.807, 2.05) is 18.7 Å². The lowest BCUT2D eigenvalue weighted by atomic mass is 9.97. The molecule has 1 aliphatic rings. The van der Waals surface area contributed by atoms with Gasteiger partial charge < -0.3 is 10.2 Å². The van der Waals surface area contributed by atoms with Crippen molar-refractivity contribution in [3.8, 4) is 6.07 Å². The Morgan fingerprint density at radius 2 is 2.00 bits per heavy atom. The normalized spacial score (nSPS) is 31.3. The Balaban J connectivity index is 2.61. The second-order valence-electron chi connectivity index (χ2n) is 4.04. The fourth-order valence-corrected chi connectivity index (χ4v) is 1.50. The molecule has 1 rings (SSSR count). The Bertz CT molecular complexity index is 222. The summed E-state index contributed by atoms with van der Waals surface area (Å²) >= 11 is 0. The monoisotopic (exact) mass is 184 g/mol. The van der Waals surface area contributed by atoms with E-state index >= 15 is 0 Å². The number of likely N-dealkylation sites (tertiary alicyclic amines) is 1.